The molecule has 0 aliphatic heterocycles. The molecule has 1 unspecified atom stereocenters. The Morgan fingerprint density at radius 2 is 2.13 bits per heavy atom. The van der Waals surface area contributed by atoms with Crippen LogP contribution in [-0.4, -0.2) is 11.7 Å². The van der Waals surface area contributed by atoms with Gasteiger partial charge in [0.15, 0.2) is 0 Å². The van der Waals surface area contributed by atoms with E-state index in [-0.39, 0.29) is 0 Å². The summed E-state index contributed by atoms with van der Waals surface area (Å²) in [7, 11) is 0. The smallest absolute Gasteiger partial charge is 0.115 e. The summed E-state index contributed by atoms with van der Waals surface area (Å²) in [5.41, 5.74) is 8.06. The van der Waals surface area contributed by atoms with E-state index in [1.54, 1.807) is 6.07 Å². The van der Waals surface area contributed by atoms with Gasteiger partial charge in [0, 0.05) is 0 Å². The van der Waals surface area contributed by atoms with E-state index in [4.69, 9.17) is 5.73 Å². The summed E-state index contributed by atoms with van der Waals surface area (Å²) in [5.74, 6) is 0.930. The van der Waals surface area contributed by atoms with Crippen molar-refractivity contribution in [2.75, 3.05) is 6.54 Å². The molecule has 0 aromatic heterocycles. The molecule has 15 heavy (non-hydrogen) atoms. The number of phenols is 1. The van der Waals surface area contributed by atoms with Gasteiger partial charge >= 0.3 is 0 Å². The van der Waals surface area contributed by atoms with Gasteiger partial charge in [0.05, 0.1) is 0 Å². The molecule has 0 heterocycles. The molecule has 84 valence electrons. The monoisotopic (exact) mass is 207 g/mol. The van der Waals surface area contributed by atoms with E-state index < -0.39 is 0 Å². The first kappa shape index (κ1) is 12.1. The van der Waals surface area contributed by atoms with Crippen molar-refractivity contribution in [3.63, 3.8) is 0 Å². The first-order valence-electron chi connectivity index (χ1n) is 5.68. The molecule has 3 N–H and O–H groups in total. The Morgan fingerprint density at radius 1 is 1.40 bits per heavy atom. The number of nitrogens with two attached hydrogens (primary N) is 1. The van der Waals surface area contributed by atoms with Crippen molar-refractivity contribution in [2.45, 2.75) is 39.0 Å². The second-order valence-electron chi connectivity index (χ2n) is 4.08. The lowest BCUT2D eigenvalue weighted by Crippen LogP contribution is -2.05. The largest absolute Gasteiger partial charge is 0.508 e. The molecule has 0 bridgehead atoms. The number of hydrogen-bond donors (Lipinski definition) is 2. The Bertz CT molecular complexity index is 309. The Balaban J connectivity index is 2.81. The molecule has 0 saturated heterocycles. The highest BCUT2D eigenvalue weighted by molar-refractivity contribution is 5.36. The van der Waals surface area contributed by atoms with E-state index in [2.05, 4.69) is 13.8 Å². The highest BCUT2D eigenvalue weighted by atomic mass is 16.3. The molecule has 0 fully saturated rings. The fourth-order valence-electron chi connectivity index (χ4n) is 2.06. The number of rotatable bonds is 5. The molecule has 2 heteroatoms. The van der Waals surface area contributed by atoms with Gasteiger partial charge in [0.2, 0.25) is 0 Å². The zero-order chi connectivity index (χ0) is 11.3. The number of phenolic OH excluding ortho intramolecular Hbond substituents is 1. The van der Waals surface area contributed by atoms with Crippen LogP contribution in [-0.2, 0) is 0 Å². The summed E-state index contributed by atoms with van der Waals surface area (Å²) in [4.78, 5) is 0. The van der Waals surface area contributed by atoms with Crippen LogP contribution < -0.4 is 5.73 Å². The van der Waals surface area contributed by atoms with Crippen molar-refractivity contribution in [1.82, 2.24) is 0 Å². The maximum Gasteiger partial charge on any atom is 0.115 e. The topological polar surface area (TPSA) is 46.2 Å². The van der Waals surface area contributed by atoms with Gasteiger partial charge in [-0.2, -0.15) is 0 Å². The van der Waals surface area contributed by atoms with Gasteiger partial charge in [-0.3, -0.25) is 0 Å². The van der Waals surface area contributed by atoms with Crippen LogP contribution in [0.3, 0.4) is 0 Å². The molecule has 0 aliphatic rings. The number of benzene rings is 1. The molecule has 0 aliphatic carbocycles. The third-order valence-electron chi connectivity index (χ3n) is 2.94. The SMILES string of the molecule is CCC(CCCN)c1ccc(O)cc1C. The lowest BCUT2D eigenvalue weighted by atomic mass is 9.89. The van der Waals surface area contributed by atoms with Crippen molar-refractivity contribution in [3.05, 3.63) is 29.3 Å². The van der Waals surface area contributed by atoms with Gasteiger partial charge < -0.3 is 10.8 Å². The first-order valence-corrected chi connectivity index (χ1v) is 5.68. The molecule has 2 nitrogen and oxygen atoms in total. The van der Waals surface area contributed by atoms with Gasteiger partial charge in [-0.15, -0.1) is 0 Å². The summed E-state index contributed by atoms with van der Waals surface area (Å²) >= 11 is 0. The van der Waals surface area contributed by atoms with Crippen molar-refractivity contribution in [3.8, 4) is 5.75 Å². The first-order chi connectivity index (χ1) is 7.19. The molecular weight excluding hydrogens is 186 g/mol. The standard InChI is InChI=1S/C13H21NO/c1-3-11(5-4-8-14)13-7-6-12(15)9-10(13)2/h6-7,9,11,15H,3-5,8,14H2,1-2H3. The van der Waals surface area contributed by atoms with Crippen LogP contribution in [0.2, 0.25) is 0 Å². The Hall–Kier alpha value is -1.02. The van der Waals surface area contributed by atoms with E-state index in [1.807, 2.05) is 12.1 Å². The molecular formula is C13H21NO. The summed E-state index contributed by atoms with van der Waals surface area (Å²) in [6.45, 7) is 5.02. The summed E-state index contributed by atoms with van der Waals surface area (Å²) in [5, 5.41) is 9.35. The van der Waals surface area contributed by atoms with Crippen molar-refractivity contribution < 1.29 is 5.11 Å². The van der Waals surface area contributed by atoms with Crippen LogP contribution in [0.5, 0.6) is 5.75 Å². The van der Waals surface area contributed by atoms with Crippen LogP contribution in [0.1, 0.15) is 43.2 Å². The lowest BCUT2D eigenvalue weighted by Gasteiger charge is -2.17. The molecule has 1 rings (SSSR count). The maximum atomic E-state index is 9.35. The van der Waals surface area contributed by atoms with E-state index >= 15 is 0 Å². The van der Waals surface area contributed by atoms with Crippen LogP contribution in [0.25, 0.3) is 0 Å². The minimum Gasteiger partial charge on any atom is -0.508 e. The highest BCUT2D eigenvalue weighted by Gasteiger charge is 2.11. The minimum absolute atomic E-state index is 0.352. The zero-order valence-electron chi connectivity index (χ0n) is 9.66. The third kappa shape index (κ3) is 3.24. The average molecular weight is 207 g/mol. The number of aromatic hydroxyl groups is 1. The average Bonchev–Trinajstić information content (AvgIpc) is 2.21. The van der Waals surface area contributed by atoms with Crippen LogP contribution in [0.15, 0.2) is 18.2 Å². The molecule has 0 spiro atoms. The van der Waals surface area contributed by atoms with Crippen molar-refractivity contribution in [2.24, 2.45) is 5.73 Å². The highest BCUT2D eigenvalue weighted by Crippen LogP contribution is 2.29. The Kier molecular flexibility index (Phi) is 4.63. The predicted molar refractivity (Wildman–Crippen MR) is 64.2 cm³/mol. The Labute approximate surface area is 92.1 Å². The third-order valence-corrected chi connectivity index (χ3v) is 2.94. The predicted octanol–water partition coefficient (Wildman–Crippen LogP) is 2.93. The van der Waals surface area contributed by atoms with Gasteiger partial charge in [-0.1, -0.05) is 13.0 Å². The van der Waals surface area contributed by atoms with E-state index in [1.165, 1.54) is 11.1 Å². The van der Waals surface area contributed by atoms with Gasteiger partial charge in [0.1, 0.15) is 5.75 Å². The second-order valence-corrected chi connectivity index (χ2v) is 4.08. The molecule has 1 aromatic rings. The number of hydrogen-bond acceptors (Lipinski definition) is 2. The summed E-state index contributed by atoms with van der Waals surface area (Å²) < 4.78 is 0. The minimum atomic E-state index is 0.352. The van der Waals surface area contributed by atoms with E-state index in [9.17, 15) is 5.11 Å². The Morgan fingerprint density at radius 3 is 2.67 bits per heavy atom. The second kappa shape index (κ2) is 5.76. The zero-order valence-corrected chi connectivity index (χ0v) is 9.66. The maximum absolute atomic E-state index is 9.35. The van der Waals surface area contributed by atoms with Crippen molar-refractivity contribution >= 4 is 0 Å². The van der Waals surface area contributed by atoms with Gasteiger partial charge in [-0.05, 0) is 61.9 Å². The molecule has 1 atom stereocenters. The van der Waals surface area contributed by atoms with Crippen LogP contribution >= 0.6 is 0 Å². The van der Waals surface area contributed by atoms with Crippen LogP contribution in [0, 0.1) is 6.92 Å². The van der Waals surface area contributed by atoms with E-state index in [0.717, 1.165) is 25.8 Å². The molecule has 0 amide bonds. The van der Waals surface area contributed by atoms with Gasteiger partial charge in [-0.25, -0.2) is 0 Å². The molecule has 0 saturated carbocycles. The normalized spacial score (nSPS) is 12.7. The fourth-order valence-corrected chi connectivity index (χ4v) is 2.06. The fraction of sp³-hybridized carbons (Fsp3) is 0.538. The van der Waals surface area contributed by atoms with Crippen LogP contribution in [0.4, 0.5) is 0 Å². The number of aryl methyl sites for hydroxylation is 1. The summed E-state index contributed by atoms with van der Waals surface area (Å²) in [6.07, 6.45) is 3.34. The summed E-state index contributed by atoms with van der Waals surface area (Å²) in [6, 6.07) is 5.64. The van der Waals surface area contributed by atoms with Crippen molar-refractivity contribution in [1.29, 1.82) is 0 Å². The quantitative estimate of drug-likeness (QED) is 0.779. The lowest BCUT2D eigenvalue weighted by molar-refractivity contribution is 0.473. The molecule has 1 aromatic carbocycles. The van der Waals surface area contributed by atoms with E-state index in [0.29, 0.717) is 11.7 Å². The van der Waals surface area contributed by atoms with Gasteiger partial charge in [0.25, 0.3) is 0 Å². The molecule has 0 radical (unpaired) electrons.